The third kappa shape index (κ3) is 3.91. The number of hydrogen-bond donors (Lipinski definition) is 1. The molecule has 5 heteroatoms. The van der Waals surface area contributed by atoms with Crippen LogP contribution in [0.1, 0.15) is 41.5 Å². The number of carbonyl (C=O) groups is 1. The van der Waals surface area contributed by atoms with Crippen molar-refractivity contribution in [3.8, 4) is 0 Å². The molecule has 1 aliphatic heterocycles. The van der Waals surface area contributed by atoms with Gasteiger partial charge >= 0.3 is 0 Å². The van der Waals surface area contributed by atoms with Crippen LogP contribution < -0.4 is 5.32 Å². The molecule has 1 aromatic heterocycles. The molecule has 0 bridgehead atoms. The number of rotatable bonds is 3. The Labute approximate surface area is 143 Å². The summed E-state index contributed by atoms with van der Waals surface area (Å²) in [5.41, 5.74) is 3.33. The Morgan fingerprint density at radius 3 is 2.83 bits per heavy atom. The number of nitrogens with zero attached hydrogens (tertiary/aromatic N) is 3. The van der Waals surface area contributed by atoms with Gasteiger partial charge in [0.2, 0.25) is 5.95 Å². The van der Waals surface area contributed by atoms with Crippen molar-refractivity contribution in [2.24, 2.45) is 5.92 Å². The van der Waals surface area contributed by atoms with Gasteiger partial charge in [-0.15, -0.1) is 0 Å². The molecule has 0 aliphatic carbocycles. The first-order chi connectivity index (χ1) is 11.5. The van der Waals surface area contributed by atoms with E-state index in [0.29, 0.717) is 17.6 Å². The predicted molar refractivity (Wildman–Crippen MR) is 95.5 cm³/mol. The Morgan fingerprint density at radius 1 is 1.25 bits per heavy atom. The van der Waals surface area contributed by atoms with Crippen LogP contribution in [-0.2, 0) is 0 Å². The maximum atomic E-state index is 12.8. The van der Waals surface area contributed by atoms with Crippen molar-refractivity contribution in [3.63, 3.8) is 0 Å². The van der Waals surface area contributed by atoms with E-state index in [2.05, 4.69) is 22.2 Å². The Balaban J connectivity index is 1.82. The van der Waals surface area contributed by atoms with E-state index in [9.17, 15) is 4.79 Å². The fraction of sp³-hybridized carbons (Fsp3) is 0.421. The maximum Gasteiger partial charge on any atom is 0.272 e. The quantitative estimate of drug-likeness (QED) is 0.935. The summed E-state index contributed by atoms with van der Waals surface area (Å²) in [7, 11) is 0. The lowest BCUT2D eigenvalue weighted by atomic mass is 10.00. The van der Waals surface area contributed by atoms with E-state index in [1.165, 1.54) is 6.42 Å². The minimum atomic E-state index is -0.000609. The Morgan fingerprint density at radius 2 is 2.08 bits per heavy atom. The number of anilines is 2. The van der Waals surface area contributed by atoms with Crippen molar-refractivity contribution >= 4 is 17.5 Å². The topological polar surface area (TPSA) is 58.1 Å². The molecule has 1 aliphatic rings. The summed E-state index contributed by atoms with van der Waals surface area (Å²) < 4.78 is 0. The molecule has 1 saturated heterocycles. The number of likely N-dealkylation sites (tertiary alicyclic amines) is 1. The van der Waals surface area contributed by atoms with Crippen LogP contribution in [0.4, 0.5) is 11.6 Å². The second kappa shape index (κ2) is 6.99. The molecule has 24 heavy (non-hydrogen) atoms. The van der Waals surface area contributed by atoms with Crippen LogP contribution in [0, 0.1) is 19.8 Å². The van der Waals surface area contributed by atoms with E-state index in [4.69, 9.17) is 0 Å². The summed E-state index contributed by atoms with van der Waals surface area (Å²) in [4.78, 5) is 23.5. The summed E-state index contributed by atoms with van der Waals surface area (Å²) in [6.45, 7) is 7.73. The predicted octanol–water partition coefficient (Wildman–Crippen LogP) is 3.71. The minimum absolute atomic E-state index is 0.000609. The van der Waals surface area contributed by atoms with Crippen LogP contribution in [0.25, 0.3) is 0 Å². The Kier molecular flexibility index (Phi) is 4.79. The molecule has 5 nitrogen and oxygen atoms in total. The second-order valence-corrected chi connectivity index (χ2v) is 6.71. The van der Waals surface area contributed by atoms with E-state index < -0.39 is 0 Å². The lowest BCUT2D eigenvalue weighted by Gasteiger charge is -2.30. The first kappa shape index (κ1) is 16.4. The molecule has 2 heterocycles. The number of carbonyl (C=O) groups excluding carboxylic acids is 1. The van der Waals surface area contributed by atoms with Gasteiger partial charge in [0.25, 0.3) is 5.91 Å². The number of aryl methyl sites for hydroxylation is 2. The summed E-state index contributed by atoms with van der Waals surface area (Å²) in [6, 6.07) is 9.78. The molecule has 1 unspecified atom stereocenters. The van der Waals surface area contributed by atoms with Crippen molar-refractivity contribution in [2.75, 3.05) is 18.4 Å². The van der Waals surface area contributed by atoms with E-state index >= 15 is 0 Å². The van der Waals surface area contributed by atoms with Gasteiger partial charge in [-0.05, 0) is 56.4 Å². The summed E-state index contributed by atoms with van der Waals surface area (Å²) in [5, 5.41) is 3.20. The molecule has 0 radical (unpaired) electrons. The molecule has 0 spiro atoms. The lowest BCUT2D eigenvalue weighted by molar-refractivity contribution is 0.0677. The fourth-order valence-corrected chi connectivity index (χ4v) is 3.12. The maximum absolute atomic E-state index is 12.8. The van der Waals surface area contributed by atoms with Gasteiger partial charge in [-0.25, -0.2) is 9.97 Å². The number of amides is 1. The van der Waals surface area contributed by atoms with Crippen molar-refractivity contribution in [1.29, 1.82) is 0 Å². The van der Waals surface area contributed by atoms with Crippen LogP contribution >= 0.6 is 0 Å². The van der Waals surface area contributed by atoms with Crippen LogP contribution in [-0.4, -0.2) is 33.9 Å². The first-order valence-electron chi connectivity index (χ1n) is 8.50. The molecular weight excluding hydrogens is 300 g/mol. The van der Waals surface area contributed by atoms with Gasteiger partial charge in [0.15, 0.2) is 0 Å². The first-order valence-corrected chi connectivity index (χ1v) is 8.50. The van der Waals surface area contributed by atoms with E-state index in [-0.39, 0.29) is 5.91 Å². The fourth-order valence-electron chi connectivity index (χ4n) is 3.12. The van der Waals surface area contributed by atoms with Gasteiger partial charge < -0.3 is 10.2 Å². The smallest absolute Gasteiger partial charge is 0.272 e. The minimum Gasteiger partial charge on any atom is -0.337 e. The van der Waals surface area contributed by atoms with Crippen LogP contribution in [0.3, 0.4) is 0 Å². The molecule has 1 fully saturated rings. The monoisotopic (exact) mass is 324 g/mol. The average molecular weight is 324 g/mol. The molecule has 1 aromatic carbocycles. The van der Waals surface area contributed by atoms with Crippen LogP contribution in [0.5, 0.6) is 0 Å². The molecule has 2 aromatic rings. The lowest BCUT2D eigenvalue weighted by Crippen LogP contribution is -2.39. The third-order valence-corrected chi connectivity index (χ3v) is 4.29. The summed E-state index contributed by atoms with van der Waals surface area (Å²) in [6.07, 6.45) is 2.25. The molecule has 1 amide bonds. The van der Waals surface area contributed by atoms with Crippen LogP contribution in [0.2, 0.25) is 0 Å². The number of benzene rings is 1. The van der Waals surface area contributed by atoms with Gasteiger partial charge in [0.1, 0.15) is 5.69 Å². The highest BCUT2D eigenvalue weighted by Crippen LogP contribution is 2.19. The second-order valence-electron chi connectivity index (χ2n) is 6.71. The standard InChI is InChI=1S/C19H24N4O/c1-13-6-4-8-16(10-13)21-19-20-15(3)11-17(22-19)18(24)23-9-5-7-14(2)12-23/h4,6,8,10-11,14H,5,7,9,12H2,1-3H3,(H,20,21,22). The number of hydrogen-bond acceptors (Lipinski definition) is 4. The van der Waals surface area contributed by atoms with E-state index in [1.807, 2.05) is 43.0 Å². The van der Waals surface area contributed by atoms with E-state index in [0.717, 1.165) is 36.5 Å². The molecule has 0 saturated carbocycles. The molecular formula is C19H24N4O. The highest BCUT2D eigenvalue weighted by molar-refractivity contribution is 5.92. The number of nitrogens with one attached hydrogen (secondary N) is 1. The van der Waals surface area contributed by atoms with Gasteiger partial charge in [-0.3, -0.25) is 4.79 Å². The van der Waals surface area contributed by atoms with Gasteiger partial charge in [-0.1, -0.05) is 19.1 Å². The van der Waals surface area contributed by atoms with Gasteiger partial charge in [0.05, 0.1) is 0 Å². The van der Waals surface area contributed by atoms with Gasteiger partial charge in [-0.2, -0.15) is 0 Å². The molecule has 1 N–H and O–H groups in total. The van der Waals surface area contributed by atoms with Crippen LogP contribution in [0.15, 0.2) is 30.3 Å². The SMILES string of the molecule is Cc1cccc(Nc2nc(C)cc(C(=O)N3CCCC(C)C3)n2)c1. The van der Waals surface area contributed by atoms with Crippen molar-refractivity contribution in [3.05, 3.63) is 47.3 Å². The van der Waals surface area contributed by atoms with E-state index in [1.54, 1.807) is 6.07 Å². The molecule has 1 atom stereocenters. The summed E-state index contributed by atoms with van der Waals surface area (Å²) in [5.74, 6) is 1.02. The summed E-state index contributed by atoms with van der Waals surface area (Å²) >= 11 is 0. The Hall–Kier alpha value is -2.43. The molecule has 3 rings (SSSR count). The highest BCUT2D eigenvalue weighted by atomic mass is 16.2. The largest absolute Gasteiger partial charge is 0.337 e. The Bertz CT molecular complexity index is 744. The highest BCUT2D eigenvalue weighted by Gasteiger charge is 2.23. The number of piperidine rings is 1. The van der Waals surface area contributed by atoms with Gasteiger partial charge in [0, 0.05) is 24.5 Å². The van der Waals surface area contributed by atoms with Crippen molar-refractivity contribution < 1.29 is 4.79 Å². The number of aromatic nitrogens is 2. The zero-order chi connectivity index (χ0) is 17.1. The molecule has 126 valence electrons. The third-order valence-electron chi connectivity index (χ3n) is 4.29. The zero-order valence-electron chi connectivity index (χ0n) is 14.5. The zero-order valence-corrected chi connectivity index (χ0v) is 14.5. The average Bonchev–Trinajstić information content (AvgIpc) is 2.53. The normalized spacial score (nSPS) is 17.6. The van der Waals surface area contributed by atoms with Crippen molar-refractivity contribution in [1.82, 2.24) is 14.9 Å². The van der Waals surface area contributed by atoms with Crippen molar-refractivity contribution in [2.45, 2.75) is 33.6 Å².